The molecule has 3 heteroatoms. The van der Waals surface area contributed by atoms with Gasteiger partial charge in [-0.3, -0.25) is 4.79 Å². The van der Waals surface area contributed by atoms with Crippen LogP contribution in [-0.4, -0.2) is 12.4 Å². The average Bonchev–Trinajstić information content (AvgIpc) is 3.28. The molecule has 2 aromatic rings. The first kappa shape index (κ1) is 11.4. The van der Waals surface area contributed by atoms with Gasteiger partial charge in [-0.15, -0.1) is 0 Å². The molecule has 0 aromatic heterocycles. The number of anilines is 1. The highest BCUT2D eigenvalue weighted by molar-refractivity contribution is 6.08. The molecule has 1 N–H and O–H groups in total. The van der Waals surface area contributed by atoms with E-state index in [2.05, 4.69) is 5.32 Å². The highest BCUT2D eigenvalue weighted by atomic mass is 16.6. The summed E-state index contributed by atoms with van der Waals surface area (Å²) < 4.78 is 5.71. The number of ketones is 1. The van der Waals surface area contributed by atoms with Crippen molar-refractivity contribution in [1.82, 2.24) is 0 Å². The number of fused-ring (bicyclic) bond motifs is 2. The van der Waals surface area contributed by atoms with Gasteiger partial charge in [-0.1, -0.05) is 42.5 Å². The molecule has 0 bridgehead atoms. The van der Waals surface area contributed by atoms with Crippen molar-refractivity contribution >= 4 is 11.5 Å². The average molecular weight is 263 g/mol. The monoisotopic (exact) mass is 263 g/mol. The van der Waals surface area contributed by atoms with Crippen molar-refractivity contribution in [3.8, 4) is 0 Å². The van der Waals surface area contributed by atoms with E-state index in [9.17, 15) is 4.79 Å². The fourth-order valence-corrected chi connectivity index (χ4v) is 2.72. The van der Waals surface area contributed by atoms with E-state index in [-0.39, 0.29) is 5.78 Å². The molecule has 0 amide bonds. The van der Waals surface area contributed by atoms with Crippen LogP contribution in [0.3, 0.4) is 0 Å². The number of carbonyl (C=O) groups excluding carboxylic acids is 1. The van der Waals surface area contributed by atoms with Crippen LogP contribution < -0.4 is 5.32 Å². The van der Waals surface area contributed by atoms with Gasteiger partial charge in [-0.2, -0.15) is 0 Å². The molecule has 98 valence electrons. The summed E-state index contributed by atoms with van der Waals surface area (Å²) in [5.41, 5.74) is 3.03. The van der Waals surface area contributed by atoms with Gasteiger partial charge < -0.3 is 10.1 Å². The Labute approximate surface area is 116 Å². The van der Waals surface area contributed by atoms with Crippen molar-refractivity contribution in [3.63, 3.8) is 0 Å². The van der Waals surface area contributed by atoms with Crippen LogP contribution in [0, 0.1) is 0 Å². The first-order valence-corrected chi connectivity index (χ1v) is 6.62. The quantitative estimate of drug-likeness (QED) is 0.846. The Morgan fingerprint density at radius 3 is 2.45 bits per heavy atom. The Bertz CT molecular complexity index is 715. The molecule has 1 aliphatic carbocycles. The molecule has 1 atom stereocenters. The second kappa shape index (κ2) is 4.05. The molecular formula is C17H13NO2. The molecule has 1 saturated heterocycles. The third-order valence-electron chi connectivity index (χ3n) is 3.82. The minimum atomic E-state index is -0.458. The van der Waals surface area contributed by atoms with E-state index in [1.54, 1.807) is 6.08 Å². The van der Waals surface area contributed by atoms with E-state index in [1.165, 1.54) is 0 Å². The Morgan fingerprint density at radius 2 is 1.70 bits per heavy atom. The molecular weight excluding hydrogens is 250 g/mol. The van der Waals surface area contributed by atoms with Crippen LogP contribution in [0.15, 0.2) is 66.4 Å². The smallest absolute Gasteiger partial charge is 0.188 e. The number of ether oxygens (including phenoxy) is 1. The summed E-state index contributed by atoms with van der Waals surface area (Å²) in [4.78, 5) is 12.2. The van der Waals surface area contributed by atoms with E-state index in [0.717, 1.165) is 22.5 Å². The van der Waals surface area contributed by atoms with Crippen LogP contribution in [0.25, 0.3) is 0 Å². The van der Waals surface area contributed by atoms with Crippen molar-refractivity contribution < 1.29 is 9.53 Å². The largest absolute Gasteiger partial charge is 0.358 e. The van der Waals surface area contributed by atoms with Gasteiger partial charge in [0.05, 0.1) is 12.3 Å². The Morgan fingerprint density at radius 1 is 1.00 bits per heavy atom. The number of hydrogen-bond acceptors (Lipinski definition) is 3. The lowest BCUT2D eigenvalue weighted by molar-refractivity contribution is 0.103. The number of allylic oxidation sites excluding steroid dienone is 1. The van der Waals surface area contributed by atoms with Gasteiger partial charge >= 0.3 is 0 Å². The second-order valence-corrected chi connectivity index (χ2v) is 5.07. The van der Waals surface area contributed by atoms with Crippen molar-refractivity contribution in [2.45, 2.75) is 5.60 Å². The molecule has 0 radical (unpaired) electrons. The lowest BCUT2D eigenvalue weighted by atomic mass is 9.84. The minimum absolute atomic E-state index is 0.0279. The van der Waals surface area contributed by atoms with E-state index >= 15 is 0 Å². The lowest BCUT2D eigenvalue weighted by Gasteiger charge is -2.24. The first-order chi connectivity index (χ1) is 9.79. The van der Waals surface area contributed by atoms with Crippen molar-refractivity contribution in [2.75, 3.05) is 11.9 Å². The standard InChI is InChI=1S/C17H13NO2/c19-15-10-16(18-12-6-2-1-3-7-12)17(11-20-17)14-9-5-4-8-13(14)15/h1-10,18H,11H2. The van der Waals surface area contributed by atoms with Crippen LogP contribution in [0.5, 0.6) is 0 Å². The van der Waals surface area contributed by atoms with Gasteiger partial charge in [-0.05, 0) is 12.1 Å². The summed E-state index contributed by atoms with van der Waals surface area (Å²) in [6.45, 7) is 0.614. The summed E-state index contributed by atoms with van der Waals surface area (Å²) in [6.07, 6.45) is 1.66. The Kier molecular flexibility index (Phi) is 2.32. The fraction of sp³-hybridized carbons (Fsp3) is 0.118. The summed E-state index contributed by atoms with van der Waals surface area (Å²) in [7, 11) is 0. The molecule has 2 aliphatic rings. The summed E-state index contributed by atoms with van der Waals surface area (Å²) in [6, 6.07) is 17.5. The molecule has 2 aromatic carbocycles. The normalized spacial score (nSPS) is 23.2. The zero-order valence-electron chi connectivity index (χ0n) is 10.8. The van der Waals surface area contributed by atoms with Gasteiger partial charge in [0.2, 0.25) is 0 Å². The molecule has 1 unspecified atom stereocenters. The van der Waals surface area contributed by atoms with Crippen molar-refractivity contribution in [1.29, 1.82) is 0 Å². The highest BCUT2D eigenvalue weighted by Crippen LogP contribution is 2.49. The lowest BCUT2D eigenvalue weighted by Crippen LogP contribution is -2.26. The van der Waals surface area contributed by atoms with Crippen LogP contribution >= 0.6 is 0 Å². The van der Waals surface area contributed by atoms with Crippen LogP contribution in [0.4, 0.5) is 5.69 Å². The Hall–Kier alpha value is -2.39. The fourth-order valence-electron chi connectivity index (χ4n) is 2.72. The van der Waals surface area contributed by atoms with E-state index in [1.807, 2.05) is 54.6 Å². The van der Waals surface area contributed by atoms with Crippen LogP contribution in [0.1, 0.15) is 15.9 Å². The van der Waals surface area contributed by atoms with Gasteiger partial charge in [0.25, 0.3) is 0 Å². The minimum Gasteiger partial charge on any atom is -0.358 e. The predicted molar refractivity (Wildman–Crippen MR) is 76.6 cm³/mol. The first-order valence-electron chi connectivity index (χ1n) is 6.62. The number of carbonyl (C=O) groups is 1. The maximum Gasteiger partial charge on any atom is 0.188 e. The number of epoxide rings is 1. The summed E-state index contributed by atoms with van der Waals surface area (Å²) in [5, 5.41) is 3.32. The van der Waals surface area contributed by atoms with Gasteiger partial charge in [0, 0.05) is 22.9 Å². The third kappa shape index (κ3) is 1.60. The van der Waals surface area contributed by atoms with Crippen LogP contribution in [0.2, 0.25) is 0 Å². The second-order valence-electron chi connectivity index (χ2n) is 5.07. The van der Waals surface area contributed by atoms with Gasteiger partial charge in [0.15, 0.2) is 11.4 Å². The van der Waals surface area contributed by atoms with Crippen LogP contribution in [-0.2, 0) is 10.3 Å². The molecule has 0 saturated carbocycles. The maximum atomic E-state index is 12.2. The number of nitrogens with one attached hydrogen (secondary N) is 1. The number of para-hydroxylation sites is 1. The van der Waals surface area contributed by atoms with Crippen molar-refractivity contribution in [2.24, 2.45) is 0 Å². The molecule has 20 heavy (non-hydrogen) atoms. The zero-order valence-corrected chi connectivity index (χ0v) is 10.8. The zero-order chi connectivity index (χ0) is 13.6. The number of rotatable bonds is 2. The molecule has 3 nitrogen and oxygen atoms in total. The van der Waals surface area contributed by atoms with Gasteiger partial charge in [-0.25, -0.2) is 0 Å². The third-order valence-corrected chi connectivity index (χ3v) is 3.82. The molecule has 4 rings (SSSR count). The Balaban J connectivity index is 1.77. The van der Waals surface area contributed by atoms with Gasteiger partial charge in [0.1, 0.15) is 0 Å². The van der Waals surface area contributed by atoms with E-state index in [0.29, 0.717) is 6.61 Å². The number of hydrogen-bond donors (Lipinski definition) is 1. The van der Waals surface area contributed by atoms with E-state index < -0.39 is 5.60 Å². The maximum absolute atomic E-state index is 12.2. The van der Waals surface area contributed by atoms with E-state index in [4.69, 9.17) is 4.74 Å². The molecule has 1 spiro atoms. The molecule has 1 fully saturated rings. The highest BCUT2D eigenvalue weighted by Gasteiger charge is 2.54. The number of benzene rings is 2. The summed E-state index contributed by atoms with van der Waals surface area (Å²) in [5.74, 6) is 0.0279. The topological polar surface area (TPSA) is 41.6 Å². The van der Waals surface area contributed by atoms with Crippen molar-refractivity contribution in [3.05, 3.63) is 77.5 Å². The SMILES string of the molecule is O=C1C=C(Nc2ccccc2)C2(CO2)c2ccccc21. The summed E-state index contributed by atoms with van der Waals surface area (Å²) >= 11 is 0. The molecule has 1 heterocycles. The predicted octanol–water partition coefficient (Wildman–Crippen LogP) is 3.10. The molecule has 1 aliphatic heterocycles.